The largest absolute Gasteiger partial charge is 0.497 e. The van der Waals surface area contributed by atoms with Gasteiger partial charge in [0.25, 0.3) is 0 Å². The number of urea groups is 1. The zero-order valence-electron chi connectivity index (χ0n) is 13.3. The van der Waals surface area contributed by atoms with E-state index in [4.69, 9.17) is 4.74 Å². The average Bonchev–Trinajstić information content (AvgIpc) is 3.40. The van der Waals surface area contributed by atoms with Crippen LogP contribution in [0.4, 0.5) is 4.79 Å². The summed E-state index contributed by atoms with van der Waals surface area (Å²) >= 11 is 0. The lowest BCUT2D eigenvalue weighted by Crippen LogP contribution is -2.52. The predicted molar refractivity (Wildman–Crippen MR) is 86.3 cm³/mol. The van der Waals surface area contributed by atoms with Gasteiger partial charge in [0, 0.05) is 38.8 Å². The molecule has 0 radical (unpaired) electrons. The predicted octanol–water partition coefficient (Wildman–Crippen LogP) is 1.73. The second-order valence-corrected chi connectivity index (χ2v) is 6.09. The highest BCUT2D eigenvalue weighted by Crippen LogP contribution is 2.27. The number of rotatable bonds is 5. The number of hydrogen-bond acceptors (Lipinski definition) is 3. The van der Waals surface area contributed by atoms with E-state index in [9.17, 15) is 4.79 Å². The Hall–Kier alpha value is -1.75. The van der Waals surface area contributed by atoms with Crippen LogP contribution in [0.25, 0.3) is 0 Å². The van der Waals surface area contributed by atoms with Crippen LogP contribution >= 0.6 is 0 Å². The molecule has 1 heterocycles. The van der Waals surface area contributed by atoms with Crippen LogP contribution in [0.15, 0.2) is 24.3 Å². The first-order valence-corrected chi connectivity index (χ1v) is 8.16. The minimum Gasteiger partial charge on any atom is -0.497 e. The van der Waals surface area contributed by atoms with Crippen LogP contribution in [0.3, 0.4) is 0 Å². The Labute approximate surface area is 132 Å². The molecule has 2 fully saturated rings. The van der Waals surface area contributed by atoms with E-state index in [1.54, 1.807) is 7.11 Å². The molecule has 3 rings (SSSR count). The number of carbonyl (C=O) groups excluding carboxylic acids is 1. The first kappa shape index (κ1) is 15.2. The summed E-state index contributed by atoms with van der Waals surface area (Å²) < 4.78 is 5.21. The van der Waals surface area contributed by atoms with Gasteiger partial charge in [0.15, 0.2) is 0 Å². The molecule has 1 aromatic carbocycles. The third-order valence-electron chi connectivity index (χ3n) is 4.49. The number of amides is 2. The van der Waals surface area contributed by atoms with E-state index >= 15 is 0 Å². The van der Waals surface area contributed by atoms with Gasteiger partial charge in [-0.1, -0.05) is 12.1 Å². The fourth-order valence-corrected chi connectivity index (χ4v) is 2.98. The van der Waals surface area contributed by atoms with Gasteiger partial charge in [-0.3, -0.25) is 4.90 Å². The SMILES string of the molecule is COc1cccc(CCNC(=O)N2CCN(C3CC3)CC2)c1. The topological polar surface area (TPSA) is 44.8 Å². The molecule has 2 aliphatic rings. The van der Waals surface area contributed by atoms with Gasteiger partial charge < -0.3 is 15.0 Å². The van der Waals surface area contributed by atoms with Crippen molar-refractivity contribution in [1.29, 1.82) is 0 Å². The molecule has 1 saturated carbocycles. The molecule has 22 heavy (non-hydrogen) atoms. The number of methoxy groups -OCH3 is 1. The normalized spacial score (nSPS) is 19.0. The number of carbonyl (C=O) groups is 1. The van der Waals surface area contributed by atoms with Crippen LogP contribution in [0.1, 0.15) is 18.4 Å². The summed E-state index contributed by atoms with van der Waals surface area (Å²) in [6.07, 6.45) is 3.50. The zero-order chi connectivity index (χ0) is 15.4. The van der Waals surface area contributed by atoms with Gasteiger partial charge >= 0.3 is 6.03 Å². The molecule has 0 aromatic heterocycles. The highest BCUT2D eigenvalue weighted by atomic mass is 16.5. The quantitative estimate of drug-likeness (QED) is 0.901. The van der Waals surface area contributed by atoms with Crippen LogP contribution in [-0.4, -0.2) is 61.7 Å². The van der Waals surface area contributed by atoms with E-state index in [2.05, 4.69) is 16.3 Å². The second-order valence-electron chi connectivity index (χ2n) is 6.09. The van der Waals surface area contributed by atoms with Crippen molar-refractivity contribution >= 4 is 6.03 Å². The standard InChI is InChI=1S/C17H25N3O2/c1-22-16-4-2-3-14(13-16)7-8-18-17(21)20-11-9-19(10-12-20)15-5-6-15/h2-4,13,15H,5-12H2,1H3,(H,18,21). The molecule has 2 amide bonds. The van der Waals surface area contributed by atoms with E-state index in [1.165, 1.54) is 18.4 Å². The lowest BCUT2D eigenvalue weighted by atomic mass is 10.1. The summed E-state index contributed by atoms with van der Waals surface area (Å²) in [5.41, 5.74) is 1.18. The average molecular weight is 303 g/mol. The summed E-state index contributed by atoms with van der Waals surface area (Å²) in [6, 6.07) is 8.86. The maximum absolute atomic E-state index is 12.2. The molecule has 1 aromatic rings. The molecule has 1 aliphatic carbocycles. The zero-order valence-corrected chi connectivity index (χ0v) is 13.3. The minimum absolute atomic E-state index is 0.0679. The third-order valence-corrected chi connectivity index (χ3v) is 4.49. The maximum atomic E-state index is 12.2. The molecular weight excluding hydrogens is 278 g/mol. The Kier molecular flexibility index (Phi) is 4.83. The molecule has 0 bridgehead atoms. The smallest absolute Gasteiger partial charge is 0.317 e. The molecule has 0 unspecified atom stereocenters. The van der Waals surface area contributed by atoms with Crippen LogP contribution in [0, 0.1) is 0 Å². The van der Waals surface area contributed by atoms with E-state index < -0.39 is 0 Å². The number of benzene rings is 1. The Balaban J connectivity index is 1.38. The number of nitrogens with one attached hydrogen (secondary N) is 1. The van der Waals surface area contributed by atoms with Gasteiger partial charge in [-0.2, -0.15) is 0 Å². The van der Waals surface area contributed by atoms with E-state index in [1.807, 2.05) is 23.1 Å². The number of hydrogen-bond donors (Lipinski definition) is 1. The number of ether oxygens (including phenoxy) is 1. The molecular formula is C17H25N3O2. The van der Waals surface area contributed by atoms with Crippen molar-refractivity contribution in [2.75, 3.05) is 39.8 Å². The van der Waals surface area contributed by atoms with Gasteiger partial charge in [0.2, 0.25) is 0 Å². The van der Waals surface area contributed by atoms with Crippen molar-refractivity contribution in [3.8, 4) is 5.75 Å². The highest BCUT2D eigenvalue weighted by molar-refractivity contribution is 5.74. The van der Waals surface area contributed by atoms with Crippen molar-refractivity contribution in [3.05, 3.63) is 29.8 Å². The lowest BCUT2D eigenvalue weighted by Gasteiger charge is -2.34. The number of nitrogens with zero attached hydrogens (tertiary/aromatic N) is 2. The van der Waals surface area contributed by atoms with Gasteiger partial charge in [0.05, 0.1) is 7.11 Å². The van der Waals surface area contributed by atoms with Gasteiger partial charge in [-0.25, -0.2) is 4.79 Å². The van der Waals surface area contributed by atoms with Crippen molar-refractivity contribution in [2.24, 2.45) is 0 Å². The Morgan fingerprint density at radius 1 is 1.27 bits per heavy atom. The molecule has 0 atom stereocenters. The summed E-state index contributed by atoms with van der Waals surface area (Å²) in [7, 11) is 1.67. The Morgan fingerprint density at radius 2 is 2.05 bits per heavy atom. The summed E-state index contributed by atoms with van der Waals surface area (Å²) in [5.74, 6) is 0.861. The highest BCUT2D eigenvalue weighted by Gasteiger charge is 2.32. The van der Waals surface area contributed by atoms with Crippen LogP contribution in [0.2, 0.25) is 0 Å². The Morgan fingerprint density at radius 3 is 2.73 bits per heavy atom. The third kappa shape index (κ3) is 3.91. The van der Waals surface area contributed by atoms with Gasteiger partial charge in [-0.05, 0) is 37.0 Å². The van der Waals surface area contributed by atoms with Crippen molar-refractivity contribution < 1.29 is 9.53 Å². The van der Waals surface area contributed by atoms with Crippen molar-refractivity contribution in [3.63, 3.8) is 0 Å². The van der Waals surface area contributed by atoms with E-state index in [0.717, 1.165) is 44.4 Å². The van der Waals surface area contributed by atoms with E-state index in [-0.39, 0.29) is 6.03 Å². The Bertz CT molecular complexity index is 508. The molecule has 1 saturated heterocycles. The van der Waals surface area contributed by atoms with E-state index in [0.29, 0.717) is 6.54 Å². The molecule has 1 aliphatic heterocycles. The lowest BCUT2D eigenvalue weighted by molar-refractivity contribution is 0.135. The minimum atomic E-state index is 0.0679. The second kappa shape index (κ2) is 7.01. The van der Waals surface area contributed by atoms with Crippen molar-refractivity contribution in [2.45, 2.75) is 25.3 Å². The summed E-state index contributed by atoms with van der Waals surface area (Å²) in [5, 5.41) is 3.03. The molecule has 5 nitrogen and oxygen atoms in total. The fraction of sp³-hybridized carbons (Fsp3) is 0.588. The monoisotopic (exact) mass is 303 g/mol. The molecule has 0 spiro atoms. The maximum Gasteiger partial charge on any atom is 0.317 e. The van der Waals surface area contributed by atoms with Crippen LogP contribution in [0.5, 0.6) is 5.75 Å². The van der Waals surface area contributed by atoms with Crippen LogP contribution in [-0.2, 0) is 6.42 Å². The first-order valence-electron chi connectivity index (χ1n) is 8.16. The summed E-state index contributed by atoms with van der Waals surface area (Å²) in [4.78, 5) is 16.6. The van der Waals surface area contributed by atoms with Crippen molar-refractivity contribution in [1.82, 2.24) is 15.1 Å². The van der Waals surface area contributed by atoms with Gasteiger partial charge in [-0.15, -0.1) is 0 Å². The van der Waals surface area contributed by atoms with Gasteiger partial charge in [0.1, 0.15) is 5.75 Å². The first-order chi connectivity index (χ1) is 10.8. The molecule has 5 heteroatoms. The molecule has 1 N–H and O–H groups in total. The fourth-order valence-electron chi connectivity index (χ4n) is 2.98. The molecule has 120 valence electrons. The van der Waals surface area contributed by atoms with Crippen LogP contribution < -0.4 is 10.1 Å². The summed E-state index contributed by atoms with van der Waals surface area (Å²) in [6.45, 7) is 4.40. The number of piperazine rings is 1.